The smallest absolute Gasteiger partial charge is 0.306 e. The van der Waals surface area contributed by atoms with E-state index in [1.807, 2.05) is 0 Å². The average Bonchev–Trinajstić information content (AvgIpc) is 3.47. The summed E-state index contributed by atoms with van der Waals surface area (Å²) in [5.41, 5.74) is 0. The Hall–Kier alpha value is -2.89. The molecule has 81 heavy (non-hydrogen) atoms. The Morgan fingerprint density at radius 1 is 0.247 bits per heavy atom. The molecule has 0 aliphatic heterocycles. The van der Waals surface area contributed by atoms with Gasteiger partial charge in [0.05, 0.1) is 0 Å². The molecule has 0 saturated heterocycles. The van der Waals surface area contributed by atoms with E-state index in [4.69, 9.17) is 14.2 Å². The van der Waals surface area contributed by atoms with Gasteiger partial charge in [0.15, 0.2) is 6.10 Å². The van der Waals surface area contributed by atoms with Gasteiger partial charge in [0.25, 0.3) is 0 Å². The number of ether oxygens (including phenoxy) is 3. The molecular formula is C75H136O6. The summed E-state index contributed by atoms with van der Waals surface area (Å²) < 4.78 is 17.0. The number of unbranched alkanes of at least 4 members (excludes halogenated alkanes) is 45. The minimum absolute atomic E-state index is 0.0759. The van der Waals surface area contributed by atoms with Crippen molar-refractivity contribution in [1.29, 1.82) is 0 Å². The lowest BCUT2D eigenvalue weighted by molar-refractivity contribution is -0.167. The first-order chi connectivity index (χ1) is 40.0. The van der Waals surface area contributed by atoms with Gasteiger partial charge >= 0.3 is 17.9 Å². The van der Waals surface area contributed by atoms with Crippen LogP contribution >= 0.6 is 0 Å². The van der Waals surface area contributed by atoms with Crippen molar-refractivity contribution in [2.75, 3.05) is 13.2 Å². The summed E-state index contributed by atoms with van der Waals surface area (Å²) in [5, 5.41) is 0. The summed E-state index contributed by atoms with van der Waals surface area (Å²) in [7, 11) is 0. The summed E-state index contributed by atoms with van der Waals surface area (Å²) in [5.74, 6) is -0.864. The second kappa shape index (κ2) is 69.6. The molecule has 6 nitrogen and oxygen atoms in total. The first-order valence-electron chi connectivity index (χ1n) is 35.8. The van der Waals surface area contributed by atoms with E-state index in [1.54, 1.807) is 0 Å². The van der Waals surface area contributed by atoms with Crippen LogP contribution in [0.5, 0.6) is 0 Å². The maximum Gasteiger partial charge on any atom is 0.306 e. The highest BCUT2D eigenvalue weighted by Gasteiger charge is 2.19. The number of hydrogen-bond acceptors (Lipinski definition) is 6. The Morgan fingerprint density at radius 2 is 0.444 bits per heavy atom. The van der Waals surface area contributed by atoms with Gasteiger partial charge in [-0.1, -0.05) is 313 Å². The van der Waals surface area contributed by atoms with Crippen LogP contribution in [0, 0.1) is 0 Å². The van der Waals surface area contributed by atoms with Gasteiger partial charge in [-0.05, 0) is 109 Å². The van der Waals surface area contributed by atoms with Crippen molar-refractivity contribution >= 4 is 17.9 Å². The lowest BCUT2D eigenvalue weighted by Gasteiger charge is -2.18. The highest BCUT2D eigenvalue weighted by atomic mass is 16.6. The molecule has 6 heteroatoms. The van der Waals surface area contributed by atoms with Gasteiger partial charge in [0.2, 0.25) is 0 Å². The van der Waals surface area contributed by atoms with E-state index >= 15 is 0 Å². The second-order valence-electron chi connectivity index (χ2n) is 24.1. The summed E-state index contributed by atoms with van der Waals surface area (Å²) in [6.45, 7) is 6.68. The molecular weight excluding hydrogens is 997 g/mol. The summed E-state index contributed by atoms with van der Waals surface area (Å²) in [4.78, 5) is 38.5. The third-order valence-corrected chi connectivity index (χ3v) is 16.0. The van der Waals surface area contributed by atoms with Crippen LogP contribution in [0.3, 0.4) is 0 Å². The topological polar surface area (TPSA) is 78.9 Å². The van der Waals surface area contributed by atoms with Crippen LogP contribution in [0.25, 0.3) is 0 Å². The van der Waals surface area contributed by atoms with E-state index in [9.17, 15) is 14.4 Å². The molecule has 0 aromatic carbocycles. The number of esters is 3. The summed E-state index contributed by atoms with van der Waals surface area (Å²) >= 11 is 0. The highest BCUT2D eigenvalue weighted by Crippen LogP contribution is 2.17. The molecule has 0 bridgehead atoms. The van der Waals surface area contributed by atoms with Crippen molar-refractivity contribution < 1.29 is 28.6 Å². The molecule has 0 rings (SSSR count). The predicted octanol–water partition coefficient (Wildman–Crippen LogP) is 24.7. The van der Waals surface area contributed by atoms with Crippen molar-refractivity contribution in [3.05, 3.63) is 60.8 Å². The SMILES string of the molecule is CCCCCCC/C=C\C/C=C\C/C=C\CCCCCCCCCCC(=O)OCC(COC(=O)CCCCCCCCCCC/C=C\CCCCCCCC)OC(=O)CCCCCCCCCCC/C=C\CCCCCCCCCC. The Bertz CT molecular complexity index is 1440. The second-order valence-corrected chi connectivity index (χ2v) is 24.1. The molecule has 1 unspecified atom stereocenters. The fourth-order valence-electron chi connectivity index (χ4n) is 10.6. The van der Waals surface area contributed by atoms with Crippen LogP contribution < -0.4 is 0 Å². The highest BCUT2D eigenvalue weighted by molar-refractivity contribution is 5.71. The molecule has 0 heterocycles. The molecule has 472 valence electrons. The van der Waals surface area contributed by atoms with Crippen LogP contribution in [-0.4, -0.2) is 37.2 Å². The minimum Gasteiger partial charge on any atom is -0.462 e. The lowest BCUT2D eigenvalue weighted by Crippen LogP contribution is -2.30. The first kappa shape index (κ1) is 78.1. The molecule has 1 atom stereocenters. The van der Waals surface area contributed by atoms with E-state index in [0.29, 0.717) is 19.3 Å². The molecule has 0 aliphatic carbocycles. The molecule has 0 fully saturated rings. The van der Waals surface area contributed by atoms with E-state index in [1.165, 1.54) is 263 Å². The van der Waals surface area contributed by atoms with Gasteiger partial charge in [0.1, 0.15) is 13.2 Å². The van der Waals surface area contributed by atoms with Gasteiger partial charge < -0.3 is 14.2 Å². The Labute approximate surface area is 504 Å². The zero-order chi connectivity index (χ0) is 58.5. The van der Waals surface area contributed by atoms with Crippen molar-refractivity contribution in [2.24, 2.45) is 0 Å². The van der Waals surface area contributed by atoms with Crippen LogP contribution in [0.4, 0.5) is 0 Å². The normalized spacial score (nSPS) is 12.4. The van der Waals surface area contributed by atoms with Crippen LogP contribution in [-0.2, 0) is 28.6 Å². The van der Waals surface area contributed by atoms with Crippen LogP contribution in [0.15, 0.2) is 60.8 Å². The number of rotatable bonds is 66. The van der Waals surface area contributed by atoms with Gasteiger partial charge in [-0.25, -0.2) is 0 Å². The van der Waals surface area contributed by atoms with Crippen LogP contribution in [0.1, 0.15) is 380 Å². The average molecular weight is 1130 g/mol. The van der Waals surface area contributed by atoms with Gasteiger partial charge in [-0.2, -0.15) is 0 Å². The number of hydrogen-bond donors (Lipinski definition) is 0. The summed E-state index contributed by atoms with van der Waals surface area (Å²) in [6.07, 6.45) is 89.5. The molecule has 0 aromatic rings. The molecule has 0 N–H and O–H groups in total. The molecule has 0 saturated carbocycles. The monoisotopic (exact) mass is 1130 g/mol. The van der Waals surface area contributed by atoms with E-state index < -0.39 is 6.10 Å². The van der Waals surface area contributed by atoms with Crippen molar-refractivity contribution in [3.8, 4) is 0 Å². The van der Waals surface area contributed by atoms with Crippen LogP contribution in [0.2, 0.25) is 0 Å². The van der Waals surface area contributed by atoms with Crippen molar-refractivity contribution in [1.82, 2.24) is 0 Å². The van der Waals surface area contributed by atoms with E-state index in [2.05, 4.69) is 81.5 Å². The maximum atomic E-state index is 13.0. The zero-order valence-corrected chi connectivity index (χ0v) is 54.3. The predicted molar refractivity (Wildman–Crippen MR) is 353 cm³/mol. The minimum atomic E-state index is -0.781. The quantitative estimate of drug-likeness (QED) is 0.0261. The molecule has 0 spiro atoms. The first-order valence-corrected chi connectivity index (χ1v) is 35.8. The van der Waals surface area contributed by atoms with E-state index in [0.717, 1.165) is 77.0 Å². The van der Waals surface area contributed by atoms with Gasteiger partial charge in [0, 0.05) is 19.3 Å². The standard InChI is InChI=1S/C75H136O6/c1-4-7-10-13-16-19-22-25-28-31-34-36-37-39-41-44-47-50-53-56-59-62-65-68-74(77)80-71-72(70-79-73(76)67-64-61-58-55-52-49-46-43-40-33-30-27-24-21-18-15-12-9-6-3)81-75(78)69-66-63-60-57-54-51-48-45-42-38-35-32-29-26-23-20-17-14-11-8-5-2/h22,25,27,30-32,34-35,37,39,72H,4-21,23-24,26,28-29,33,36,38,40-71H2,1-3H3/b25-22-,30-27-,34-31-,35-32-,39-37-. The zero-order valence-electron chi connectivity index (χ0n) is 54.3. The third kappa shape index (κ3) is 67.8. The fraction of sp³-hybridized carbons (Fsp3) is 0.827. The molecule has 0 amide bonds. The maximum absolute atomic E-state index is 13.0. The Morgan fingerprint density at radius 3 is 0.704 bits per heavy atom. The Kier molecular flexibility index (Phi) is 67.1. The summed E-state index contributed by atoms with van der Waals surface area (Å²) in [6, 6.07) is 0. The Balaban J connectivity index is 4.37. The molecule has 0 aliphatic rings. The lowest BCUT2D eigenvalue weighted by atomic mass is 10.1. The van der Waals surface area contributed by atoms with Gasteiger partial charge in [-0.3, -0.25) is 14.4 Å². The van der Waals surface area contributed by atoms with Crippen molar-refractivity contribution in [2.45, 2.75) is 386 Å². The van der Waals surface area contributed by atoms with E-state index in [-0.39, 0.29) is 31.1 Å². The fourth-order valence-corrected chi connectivity index (χ4v) is 10.6. The number of carbonyl (C=O) groups excluding carboxylic acids is 3. The third-order valence-electron chi connectivity index (χ3n) is 16.0. The largest absolute Gasteiger partial charge is 0.462 e. The number of allylic oxidation sites excluding steroid dienone is 10. The number of carbonyl (C=O) groups is 3. The molecule has 0 aromatic heterocycles. The van der Waals surface area contributed by atoms with Crippen molar-refractivity contribution in [3.63, 3.8) is 0 Å². The van der Waals surface area contributed by atoms with Gasteiger partial charge in [-0.15, -0.1) is 0 Å². The molecule has 0 radical (unpaired) electrons.